The lowest BCUT2D eigenvalue weighted by atomic mass is 9.97. The molecule has 0 bridgehead atoms. The summed E-state index contributed by atoms with van der Waals surface area (Å²) in [5.74, 6) is -0.410. The minimum atomic E-state index is -4.43. The molecular weight excluding hydrogens is 369 g/mol. The number of ketones is 1. The quantitative estimate of drug-likeness (QED) is 0.617. The molecule has 0 radical (unpaired) electrons. The molecule has 0 aliphatic heterocycles. The number of rotatable bonds is 2. The third-order valence-electron chi connectivity index (χ3n) is 2.99. The fourth-order valence-corrected chi connectivity index (χ4v) is 2.50. The summed E-state index contributed by atoms with van der Waals surface area (Å²) in [7, 11) is 0. The van der Waals surface area contributed by atoms with Gasteiger partial charge in [-0.1, -0.05) is 23.7 Å². The second-order valence-corrected chi connectivity index (χ2v) is 5.69. The van der Waals surface area contributed by atoms with E-state index in [9.17, 15) is 18.0 Å². The van der Waals surface area contributed by atoms with E-state index < -0.39 is 17.5 Å². The average Bonchev–Trinajstić information content (AvgIpc) is 2.40. The van der Waals surface area contributed by atoms with Crippen LogP contribution in [0.4, 0.5) is 13.2 Å². The van der Waals surface area contributed by atoms with E-state index in [-0.39, 0.29) is 21.7 Å². The minimum Gasteiger partial charge on any atom is -0.289 e. The number of carbonyl (C=O) groups excluding carboxylic acids is 1. The van der Waals surface area contributed by atoms with Crippen molar-refractivity contribution in [3.63, 3.8) is 0 Å². The largest absolute Gasteiger partial charge is 0.416 e. The van der Waals surface area contributed by atoms with Gasteiger partial charge in [-0.15, -0.1) is 0 Å². The van der Waals surface area contributed by atoms with Crippen molar-refractivity contribution in [2.45, 2.75) is 13.1 Å². The Morgan fingerprint density at radius 2 is 1.81 bits per heavy atom. The van der Waals surface area contributed by atoms with Crippen LogP contribution < -0.4 is 0 Å². The van der Waals surface area contributed by atoms with Gasteiger partial charge in [-0.05, 0) is 52.7 Å². The van der Waals surface area contributed by atoms with E-state index in [2.05, 4.69) is 15.9 Å². The van der Waals surface area contributed by atoms with Crippen molar-refractivity contribution in [1.29, 1.82) is 0 Å². The van der Waals surface area contributed by atoms with Gasteiger partial charge >= 0.3 is 6.18 Å². The first-order valence-electron chi connectivity index (χ1n) is 5.88. The number of aryl methyl sites for hydroxylation is 1. The SMILES string of the molecule is Cc1cc(C(F)(F)F)ccc1C(=O)c1cccc(Br)c1Cl. The number of hydrogen-bond donors (Lipinski definition) is 0. The molecule has 0 aliphatic carbocycles. The third kappa shape index (κ3) is 3.30. The van der Waals surface area contributed by atoms with Crippen LogP contribution >= 0.6 is 27.5 Å². The normalized spacial score (nSPS) is 11.5. The summed E-state index contributed by atoms with van der Waals surface area (Å²) in [5.41, 5.74) is -0.0837. The molecule has 0 aliphatic rings. The summed E-state index contributed by atoms with van der Waals surface area (Å²) < 4.78 is 38.4. The van der Waals surface area contributed by atoms with E-state index in [1.807, 2.05) is 0 Å². The first-order valence-corrected chi connectivity index (χ1v) is 7.05. The van der Waals surface area contributed by atoms with Crippen molar-refractivity contribution in [2.75, 3.05) is 0 Å². The molecular formula is C15H9BrClF3O. The smallest absolute Gasteiger partial charge is 0.289 e. The monoisotopic (exact) mass is 376 g/mol. The van der Waals surface area contributed by atoms with Crippen LogP contribution in [0.15, 0.2) is 40.9 Å². The molecule has 0 N–H and O–H groups in total. The van der Waals surface area contributed by atoms with Crippen LogP contribution in [-0.4, -0.2) is 5.78 Å². The number of carbonyl (C=O) groups is 1. The van der Waals surface area contributed by atoms with Crippen LogP contribution in [0.2, 0.25) is 5.02 Å². The molecule has 1 nitrogen and oxygen atoms in total. The predicted octanol–water partition coefficient (Wildman–Crippen LogP) is 5.66. The highest BCUT2D eigenvalue weighted by Gasteiger charge is 2.31. The van der Waals surface area contributed by atoms with Crippen molar-refractivity contribution in [2.24, 2.45) is 0 Å². The Balaban J connectivity index is 2.48. The Kier molecular flexibility index (Phi) is 4.44. The molecule has 0 aromatic heterocycles. The van der Waals surface area contributed by atoms with Crippen molar-refractivity contribution < 1.29 is 18.0 Å². The van der Waals surface area contributed by atoms with Gasteiger partial charge in [0.1, 0.15) is 0 Å². The first kappa shape index (κ1) is 16.0. The van der Waals surface area contributed by atoms with Gasteiger partial charge in [0.2, 0.25) is 0 Å². The van der Waals surface area contributed by atoms with Crippen LogP contribution in [0, 0.1) is 6.92 Å². The van der Waals surface area contributed by atoms with Crippen LogP contribution in [0.25, 0.3) is 0 Å². The molecule has 110 valence electrons. The van der Waals surface area contributed by atoms with Gasteiger partial charge in [-0.3, -0.25) is 4.79 Å². The molecule has 2 aromatic rings. The molecule has 0 saturated heterocycles. The Morgan fingerprint density at radius 1 is 1.14 bits per heavy atom. The fraction of sp³-hybridized carbons (Fsp3) is 0.133. The lowest BCUT2D eigenvalue weighted by Gasteiger charge is -2.11. The number of benzene rings is 2. The molecule has 0 spiro atoms. The van der Waals surface area contributed by atoms with Gasteiger partial charge < -0.3 is 0 Å². The Hall–Kier alpha value is -1.33. The second-order valence-electron chi connectivity index (χ2n) is 4.46. The van der Waals surface area contributed by atoms with Crippen molar-refractivity contribution >= 4 is 33.3 Å². The predicted molar refractivity (Wildman–Crippen MR) is 78.8 cm³/mol. The fourth-order valence-electron chi connectivity index (χ4n) is 1.92. The summed E-state index contributed by atoms with van der Waals surface area (Å²) in [4.78, 5) is 12.4. The highest BCUT2D eigenvalue weighted by Crippen LogP contribution is 2.32. The lowest BCUT2D eigenvalue weighted by Crippen LogP contribution is -2.09. The molecule has 2 rings (SSSR count). The lowest BCUT2D eigenvalue weighted by molar-refractivity contribution is -0.137. The maximum absolute atomic E-state index is 12.6. The van der Waals surface area contributed by atoms with E-state index in [4.69, 9.17) is 11.6 Å². The van der Waals surface area contributed by atoms with Crippen LogP contribution in [0.3, 0.4) is 0 Å². The third-order valence-corrected chi connectivity index (χ3v) is 4.29. The number of halogens is 5. The van der Waals surface area contributed by atoms with Crippen LogP contribution in [0.1, 0.15) is 27.0 Å². The van der Waals surface area contributed by atoms with Crippen LogP contribution in [0.5, 0.6) is 0 Å². The van der Waals surface area contributed by atoms with Gasteiger partial charge in [0, 0.05) is 15.6 Å². The van der Waals surface area contributed by atoms with E-state index in [1.54, 1.807) is 12.1 Å². The van der Waals surface area contributed by atoms with Gasteiger partial charge in [0.25, 0.3) is 0 Å². The summed E-state index contributed by atoms with van der Waals surface area (Å²) in [5, 5.41) is 0.238. The van der Waals surface area contributed by atoms with Crippen molar-refractivity contribution in [3.05, 3.63) is 68.1 Å². The zero-order valence-corrected chi connectivity index (χ0v) is 13.1. The van der Waals surface area contributed by atoms with Gasteiger partial charge in [-0.2, -0.15) is 13.2 Å². The molecule has 0 unspecified atom stereocenters. The second kappa shape index (κ2) is 5.81. The van der Waals surface area contributed by atoms with Crippen molar-refractivity contribution in [3.8, 4) is 0 Å². The Bertz CT molecular complexity index is 711. The molecule has 0 amide bonds. The molecule has 0 fully saturated rings. The molecule has 0 saturated carbocycles. The first-order chi connectivity index (χ1) is 9.71. The summed E-state index contributed by atoms with van der Waals surface area (Å²) in [6.07, 6.45) is -4.43. The molecule has 6 heteroatoms. The number of alkyl halides is 3. The Labute approximate surface area is 132 Å². The highest BCUT2D eigenvalue weighted by atomic mass is 79.9. The molecule has 2 aromatic carbocycles. The zero-order valence-electron chi connectivity index (χ0n) is 10.8. The minimum absolute atomic E-state index is 0.197. The zero-order chi connectivity index (χ0) is 15.8. The summed E-state index contributed by atoms with van der Waals surface area (Å²) in [6, 6.07) is 7.89. The van der Waals surface area contributed by atoms with Gasteiger partial charge in [0.15, 0.2) is 5.78 Å². The Morgan fingerprint density at radius 3 is 2.38 bits per heavy atom. The highest BCUT2D eigenvalue weighted by molar-refractivity contribution is 9.10. The van der Waals surface area contributed by atoms with Crippen molar-refractivity contribution in [1.82, 2.24) is 0 Å². The maximum Gasteiger partial charge on any atom is 0.416 e. The molecule has 0 heterocycles. The topological polar surface area (TPSA) is 17.1 Å². The van der Waals surface area contributed by atoms with E-state index in [0.717, 1.165) is 12.1 Å². The standard InChI is InChI=1S/C15H9BrClF3O/c1-8-7-9(15(18,19)20)5-6-10(8)14(21)11-3-2-4-12(16)13(11)17/h2-7H,1H3. The average molecular weight is 378 g/mol. The van der Waals surface area contributed by atoms with E-state index in [1.165, 1.54) is 19.1 Å². The molecule has 21 heavy (non-hydrogen) atoms. The van der Waals surface area contributed by atoms with Gasteiger partial charge in [0.05, 0.1) is 10.6 Å². The summed E-state index contributed by atoms with van der Waals surface area (Å²) in [6.45, 7) is 1.47. The maximum atomic E-state index is 12.6. The van der Waals surface area contributed by atoms with E-state index >= 15 is 0 Å². The van der Waals surface area contributed by atoms with Crippen LogP contribution in [-0.2, 0) is 6.18 Å². The molecule has 0 atom stereocenters. The number of hydrogen-bond acceptors (Lipinski definition) is 1. The summed E-state index contributed by atoms with van der Waals surface area (Å²) >= 11 is 9.26. The van der Waals surface area contributed by atoms with Gasteiger partial charge in [-0.25, -0.2) is 0 Å². The van der Waals surface area contributed by atoms with E-state index in [0.29, 0.717) is 4.47 Å².